The largest absolute Gasteiger partial charge is 0.371 e. The summed E-state index contributed by atoms with van der Waals surface area (Å²) in [7, 11) is 0. The van der Waals surface area contributed by atoms with Crippen molar-refractivity contribution < 1.29 is 9.59 Å². The molecule has 11 heteroatoms. The van der Waals surface area contributed by atoms with Gasteiger partial charge in [0.1, 0.15) is 11.6 Å². The summed E-state index contributed by atoms with van der Waals surface area (Å²) in [5, 5.41) is 19.9. The molecule has 9 nitrogen and oxygen atoms in total. The van der Waals surface area contributed by atoms with Gasteiger partial charge in [-0.1, -0.05) is 137 Å². The van der Waals surface area contributed by atoms with Crippen molar-refractivity contribution >= 4 is 40.8 Å². The van der Waals surface area contributed by atoms with E-state index in [2.05, 4.69) is 65.6 Å². The smallest absolute Gasteiger partial charge is 0.196 e. The van der Waals surface area contributed by atoms with Crippen molar-refractivity contribution in [3.05, 3.63) is 173 Å². The molecule has 0 bridgehead atoms. The van der Waals surface area contributed by atoms with Crippen LogP contribution in [0.2, 0.25) is 0 Å². The van der Waals surface area contributed by atoms with E-state index in [1.807, 2.05) is 123 Å². The van der Waals surface area contributed by atoms with Gasteiger partial charge in [0.2, 0.25) is 0 Å². The summed E-state index contributed by atoms with van der Waals surface area (Å²) in [6.45, 7) is 7.43. The zero-order chi connectivity index (χ0) is 38.9. The number of nitrogens with zero attached hydrogens (tertiary/aromatic N) is 7. The molecular weight excluding hydrogens is 735 g/mol. The highest BCUT2D eigenvalue weighted by Gasteiger charge is 2.21. The molecule has 7 aromatic rings. The highest BCUT2D eigenvalue weighted by atomic mass is 32.2. The van der Waals surface area contributed by atoms with Crippen LogP contribution in [0.1, 0.15) is 49.1 Å². The fraction of sp³-hybridized carbons (Fsp3) is 0.200. The molecule has 0 fully saturated rings. The average molecular weight is 778 g/mol. The van der Waals surface area contributed by atoms with Gasteiger partial charge in [0.15, 0.2) is 21.9 Å². The highest BCUT2D eigenvalue weighted by molar-refractivity contribution is 8.00. The molecular formula is C45H43N7O2S2. The molecule has 0 saturated carbocycles. The number of carbonyl (C=O) groups is 2. The third-order valence-corrected chi connectivity index (χ3v) is 11.3. The summed E-state index contributed by atoms with van der Waals surface area (Å²) in [6.07, 6.45) is 1.21. The lowest BCUT2D eigenvalue weighted by molar-refractivity contribution is 0.101. The van der Waals surface area contributed by atoms with Crippen molar-refractivity contribution in [3.8, 4) is 11.4 Å². The first kappa shape index (κ1) is 38.5. The predicted molar refractivity (Wildman–Crippen MR) is 226 cm³/mol. The van der Waals surface area contributed by atoms with Gasteiger partial charge in [-0.25, -0.2) is 0 Å². The first-order valence-corrected chi connectivity index (χ1v) is 20.6. The van der Waals surface area contributed by atoms with Gasteiger partial charge in [0.05, 0.1) is 11.5 Å². The molecule has 0 atom stereocenters. The zero-order valence-corrected chi connectivity index (χ0v) is 33.3. The number of anilines is 1. The van der Waals surface area contributed by atoms with E-state index >= 15 is 0 Å². The van der Waals surface area contributed by atoms with Crippen LogP contribution in [0.5, 0.6) is 0 Å². The van der Waals surface area contributed by atoms with Crippen molar-refractivity contribution in [2.24, 2.45) is 0 Å². The summed E-state index contributed by atoms with van der Waals surface area (Å²) in [5.41, 5.74) is 7.77. The second-order valence-electron chi connectivity index (χ2n) is 13.6. The van der Waals surface area contributed by atoms with E-state index in [1.165, 1.54) is 29.1 Å². The number of rotatable bonds is 17. The summed E-state index contributed by atoms with van der Waals surface area (Å²) in [5.74, 6) is 2.23. The predicted octanol–water partition coefficient (Wildman–Crippen LogP) is 9.02. The van der Waals surface area contributed by atoms with Crippen molar-refractivity contribution in [1.82, 2.24) is 29.5 Å². The molecule has 282 valence electrons. The fourth-order valence-electron chi connectivity index (χ4n) is 6.29. The summed E-state index contributed by atoms with van der Waals surface area (Å²) in [4.78, 5) is 28.6. The number of aromatic nitrogens is 6. The maximum Gasteiger partial charge on any atom is 0.196 e. The van der Waals surface area contributed by atoms with Crippen LogP contribution in [0.25, 0.3) is 11.4 Å². The van der Waals surface area contributed by atoms with E-state index in [4.69, 9.17) is 0 Å². The van der Waals surface area contributed by atoms with Gasteiger partial charge >= 0.3 is 0 Å². The number of Topliss-reactive ketones (excluding diaryl/α,β-unsaturated/α-hetero) is 2. The Morgan fingerprint density at radius 2 is 0.875 bits per heavy atom. The Balaban J connectivity index is 1.11. The summed E-state index contributed by atoms with van der Waals surface area (Å²) >= 11 is 2.80. The van der Waals surface area contributed by atoms with Gasteiger partial charge in [-0.2, -0.15) is 0 Å². The molecule has 0 amide bonds. The van der Waals surface area contributed by atoms with Gasteiger partial charge < -0.3 is 4.90 Å². The molecule has 2 heterocycles. The Kier molecular flexibility index (Phi) is 12.5. The molecule has 56 heavy (non-hydrogen) atoms. The minimum absolute atomic E-state index is 0.0486. The minimum atomic E-state index is 0.0486. The Labute approximate surface area is 336 Å². The van der Waals surface area contributed by atoms with E-state index in [0.717, 1.165) is 39.8 Å². The van der Waals surface area contributed by atoms with E-state index < -0.39 is 0 Å². The van der Waals surface area contributed by atoms with Crippen LogP contribution >= 0.6 is 23.5 Å². The number of benzene rings is 5. The van der Waals surface area contributed by atoms with E-state index in [9.17, 15) is 9.59 Å². The van der Waals surface area contributed by atoms with Crippen LogP contribution in [0.3, 0.4) is 0 Å². The average Bonchev–Trinajstić information content (AvgIpc) is 3.84. The third kappa shape index (κ3) is 9.53. The molecule has 7 rings (SSSR count). The Bertz CT molecular complexity index is 2230. The zero-order valence-electron chi connectivity index (χ0n) is 31.7. The van der Waals surface area contributed by atoms with Gasteiger partial charge in [-0.15, -0.1) is 20.4 Å². The van der Waals surface area contributed by atoms with Crippen LogP contribution in [0, 0.1) is 20.8 Å². The minimum Gasteiger partial charge on any atom is -0.371 e. The number of aryl methyl sites for hydroxylation is 3. The number of hydrogen-bond acceptors (Lipinski definition) is 9. The molecule has 0 saturated heterocycles. The lowest BCUT2D eigenvalue weighted by Gasteiger charge is -2.25. The molecule has 5 aromatic carbocycles. The van der Waals surface area contributed by atoms with Gasteiger partial charge in [0.25, 0.3) is 0 Å². The number of ketones is 2. The molecule has 0 aliphatic heterocycles. The number of carbonyl (C=O) groups excluding carboxylic acids is 2. The first-order chi connectivity index (χ1) is 27.3. The Hall–Kier alpha value is -5.78. The Morgan fingerprint density at radius 3 is 1.27 bits per heavy atom. The quantitative estimate of drug-likeness (QED) is 0.0663. The maximum atomic E-state index is 13.1. The molecule has 0 spiro atoms. The second kappa shape index (κ2) is 18.2. The lowest BCUT2D eigenvalue weighted by atomic mass is 10.1. The Morgan fingerprint density at radius 1 is 0.500 bits per heavy atom. The van der Waals surface area contributed by atoms with Crippen LogP contribution in [0.4, 0.5) is 5.69 Å². The van der Waals surface area contributed by atoms with Crippen molar-refractivity contribution in [1.29, 1.82) is 0 Å². The molecule has 2 aromatic heterocycles. The number of hydrogen-bond donors (Lipinski definition) is 0. The van der Waals surface area contributed by atoms with Crippen molar-refractivity contribution in [3.63, 3.8) is 0 Å². The van der Waals surface area contributed by atoms with Crippen LogP contribution in [-0.4, -0.2) is 65.7 Å². The normalized spacial score (nSPS) is 11.1. The summed E-state index contributed by atoms with van der Waals surface area (Å²) in [6, 6.07) is 44.0. The first-order valence-electron chi connectivity index (χ1n) is 18.6. The van der Waals surface area contributed by atoms with Gasteiger partial charge in [-0.05, 0) is 57.2 Å². The van der Waals surface area contributed by atoms with Crippen LogP contribution in [0.15, 0.2) is 144 Å². The molecule has 0 aliphatic rings. The number of para-hydroxylation sites is 2. The van der Waals surface area contributed by atoms with Crippen molar-refractivity contribution in [2.75, 3.05) is 29.5 Å². The second-order valence-corrected chi connectivity index (χ2v) is 15.5. The lowest BCUT2D eigenvalue weighted by Crippen LogP contribution is -2.29. The van der Waals surface area contributed by atoms with Crippen LogP contribution in [-0.2, 0) is 12.8 Å². The van der Waals surface area contributed by atoms with Gasteiger partial charge in [-0.3, -0.25) is 18.7 Å². The molecule has 0 N–H and O–H groups in total. The topological polar surface area (TPSA) is 98.8 Å². The highest BCUT2D eigenvalue weighted by Crippen LogP contribution is 2.26. The van der Waals surface area contributed by atoms with Gasteiger partial charge in [0, 0.05) is 54.1 Å². The number of thioether (sulfide) groups is 2. The summed E-state index contributed by atoms with van der Waals surface area (Å²) < 4.78 is 4.13. The fourth-order valence-corrected chi connectivity index (χ4v) is 8.02. The van der Waals surface area contributed by atoms with E-state index in [1.54, 1.807) is 0 Å². The van der Waals surface area contributed by atoms with E-state index in [-0.39, 0.29) is 23.1 Å². The SMILES string of the molecule is Cc1ccc(C(=O)CSc2nnc(CCN(CCc3nnc(SCC(=O)c4ccc(C)cc4)n3-c3ccccc3)c3ccc(C)cc3)n2-c2ccccc2)cc1. The third-order valence-electron chi connectivity index (χ3n) is 9.45. The molecule has 0 unspecified atom stereocenters. The van der Waals surface area contributed by atoms with Crippen molar-refractivity contribution in [2.45, 2.75) is 43.9 Å². The van der Waals surface area contributed by atoms with Crippen LogP contribution < -0.4 is 4.90 Å². The molecule has 0 radical (unpaired) electrons. The maximum absolute atomic E-state index is 13.1. The molecule has 0 aliphatic carbocycles. The standard InChI is InChI=1S/C45H43N7O2S2/c1-32-14-20-35(21-15-32)40(53)30-55-44-48-46-42(51(44)38-10-6-4-7-11-38)26-28-50(37-24-18-34(3)19-25-37)29-27-43-47-49-45(52(43)39-12-8-5-9-13-39)56-31-41(54)36-22-16-33(2)17-23-36/h4-25H,26-31H2,1-3H3. The monoisotopic (exact) mass is 777 g/mol. The van der Waals surface area contributed by atoms with E-state index in [0.29, 0.717) is 47.4 Å².